The fraction of sp³-hybridized carbons (Fsp3) is 0.188. The van der Waals surface area contributed by atoms with Crippen molar-refractivity contribution in [2.45, 2.75) is 24.9 Å². The lowest BCUT2D eigenvalue weighted by atomic mass is 9.95. The molecule has 0 spiro atoms. The Hall–Kier alpha value is -2.17. The average molecular weight is 396 g/mol. The van der Waals surface area contributed by atoms with E-state index in [1.807, 2.05) is 13.8 Å². The zero-order valence-corrected chi connectivity index (χ0v) is 15.4. The standard InChI is InChI=1S/C16H14F2N4O2S2/c1-9(2)12-7-11(17)8-13(10-3-5-19-6-4-10)14(12)24-16-20-15(25-23)21-22(16)26-18/h3-9,23H,1-2H3. The molecular formula is C16H14F2N4O2S2. The molecule has 0 unspecified atom stereocenters. The van der Waals surface area contributed by atoms with E-state index in [2.05, 4.69) is 15.1 Å². The van der Waals surface area contributed by atoms with Crippen LogP contribution in [0.1, 0.15) is 25.3 Å². The molecule has 0 amide bonds. The number of rotatable bonds is 6. The minimum absolute atomic E-state index is 0.0659. The van der Waals surface area contributed by atoms with Crippen LogP contribution in [0.25, 0.3) is 11.1 Å². The van der Waals surface area contributed by atoms with E-state index in [-0.39, 0.29) is 41.5 Å². The first-order valence-corrected chi connectivity index (χ1v) is 8.97. The Kier molecular flexibility index (Phi) is 5.74. The third kappa shape index (κ3) is 3.81. The summed E-state index contributed by atoms with van der Waals surface area (Å²) in [4.78, 5) is 7.89. The van der Waals surface area contributed by atoms with Crippen LogP contribution in [-0.4, -0.2) is 23.7 Å². The second-order valence-corrected chi connectivity index (χ2v) is 6.61. The van der Waals surface area contributed by atoms with Crippen molar-refractivity contribution in [2.75, 3.05) is 0 Å². The van der Waals surface area contributed by atoms with Crippen LogP contribution in [0.5, 0.6) is 11.8 Å². The molecule has 0 radical (unpaired) electrons. The second-order valence-electron chi connectivity index (χ2n) is 5.57. The lowest BCUT2D eigenvalue weighted by molar-refractivity contribution is 0.429. The summed E-state index contributed by atoms with van der Waals surface area (Å²) in [5.74, 6) is -0.145. The summed E-state index contributed by atoms with van der Waals surface area (Å²) in [5, 5.41) is 3.67. The maximum atomic E-state index is 14.2. The van der Waals surface area contributed by atoms with Gasteiger partial charge in [-0.05, 0) is 35.7 Å². The van der Waals surface area contributed by atoms with Crippen molar-refractivity contribution in [1.82, 2.24) is 19.2 Å². The minimum atomic E-state index is -0.416. The summed E-state index contributed by atoms with van der Waals surface area (Å²) in [6.45, 7) is 3.78. The molecule has 0 bridgehead atoms. The molecule has 3 rings (SSSR count). The lowest BCUT2D eigenvalue weighted by Gasteiger charge is -2.17. The molecule has 26 heavy (non-hydrogen) atoms. The molecule has 1 N–H and O–H groups in total. The van der Waals surface area contributed by atoms with E-state index >= 15 is 0 Å². The number of halogens is 2. The predicted molar refractivity (Wildman–Crippen MR) is 96.4 cm³/mol. The van der Waals surface area contributed by atoms with Gasteiger partial charge in [0.05, 0.1) is 12.0 Å². The van der Waals surface area contributed by atoms with Gasteiger partial charge in [0.2, 0.25) is 5.16 Å². The van der Waals surface area contributed by atoms with Gasteiger partial charge in [0.25, 0.3) is 0 Å². The Morgan fingerprint density at radius 1 is 1.23 bits per heavy atom. The predicted octanol–water partition coefficient (Wildman–Crippen LogP) is 5.34. The molecule has 0 saturated heterocycles. The summed E-state index contributed by atoms with van der Waals surface area (Å²) < 4.78 is 43.0. The van der Waals surface area contributed by atoms with E-state index in [0.717, 1.165) is 4.09 Å². The molecule has 6 nitrogen and oxygen atoms in total. The third-order valence-electron chi connectivity index (χ3n) is 3.57. The van der Waals surface area contributed by atoms with E-state index in [1.165, 1.54) is 12.1 Å². The zero-order chi connectivity index (χ0) is 18.7. The molecule has 0 saturated carbocycles. The van der Waals surface area contributed by atoms with Gasteiger partial charge in [0.15, 0.2) is 12.3 Å². The molecule has 0 fully saturated rings. The van der Waals surface area contributed by atoms with Gasteiger partial charge in [0.1, 0.15) is 11.6 Å². The molecule has 2 heterocycles. The first kappa shape index (κ1) is 18.6. The largest absolute Gasteiger partial charge is 0.423 e. The summed E-state index contributed by atoms with van der Waals surface area (Å²) >= 11 is 0.0514. The highest BCUT2D eigenvalue weighted by Crippen LogP contribution is 2.40. The number of hydrogen-bond acceptors (Lipinski definition) is 7. The van der Waals surface area contributed by atoms with Gasteiger partial charge in [-0.3, -0.25) is 4.98 Å². The van der Waals surface area contributed by atoms with Crippen LogP contribution in [-0.2, 0) is 0 Å². The lowest BCUT2D eigenvalue weighted by Crippen LogP contribution is -2.01. The normalized spacial score (nSPS) is 11.2. The van der Waals surface area contributed by atoms with Crippen LogP contribution >= 0.6 is 24.4 Å². The minimum Gasteiger partial charge on any atom is -0.423 e. The molecule has 0 atom stereocenters. The monoisotopic (exact) mass is 396 g/mol. The van der Waals surface area contributed by atoms with Crippen molar-refractivity contribution in [1.29, 1.82) is 0 Å². The topological polar surface area (TPSA) is 73.1 Å². The van der Waals surface area contributed by atoms with Gasteiger partial charge in [0, 0.05) is 23.5 Å². The van der Waals surface area contributed by atoms with E-state index in [1.54, 1.807) is 24.5 Å². The van der Waals surface area contributed by atoms with Crippen LogP contribution in [0, 0.1) is 5.82 Å². The molecule has 0 aliphatic heterocycles. The number of pyridine rings is 1. The Morgan fingerprint density at radius 2 is 1.96 bits per heavy atom. The zero-order valence-electron chi connectivity index (χ0n) is 13.8. The van der Waals surface area contributed by atoms with Gasteiger partial charge in [-0.2, -0.15) is 4.98 Å². The van der Waals surface area contributed by atoms with Crippen LogP contribution in [0.15, 0.2) is 41.8 Å². The highest BCUT2D eigenvalue weighted by atomic mass is 32.2. The smallest absolute Gasteiger partial charge is 0.334 e. The highest BCUT2D eigenvalue weighted by Gasteiger charge is 2.21. The van der Waals surface area contributed by atoms with E-state index in [0.29, 0.717) is 22.4 Å². The van der Waals surface area contributed by atoms with Crippen molar-refractivity contribution < 1.29 is 17.6 Å². The summed E-state index contributed by atoms with van der Waals surface area (Å²) in [7, 11) is 0. The number of benzene rings is 1. The molecule has 136 valence electrons. The fourth-order valence-corrected chi connectivity index (χ4v) is 2.94. The molecule has 10 heteroatoms. The van der Waals surface area contributed by atoms with Gasteiger partial charge in [-0.25, -0.2) is 4.39 Å². The van der Waals surface area contributed by atoms with Crippen molar-refractivity contribution in [3.05, 3.63) is 48.0 Å². The van der Waals surface area contributed by atoms with E-state index < -0.39 is 5.82 Å². The van der Waals surface area contributed by atoms with E-state index in [4.69, 9.17) is 9.29 Å². The summed E-state index contributed by atoms with van der Waals surface area (Å²) in [5.41, 5.74) is 1.76. The number of aromatic nitrogens is 4. The SMILES string of the molecule is CC(C)c1cc(F)cc(-c2ccncc2)c1Oc1nc(SO)nn1SF. The van der Waals surface area contributed by atoms with Crippen molar-refractivity contribution in [3.8, 4) is 22.9 Å². The van der Waals surface area contributed by atoms with Gasteiger partial charge < -0.3 is 9.29 Å². The number of nitrogens with zero attached hydrogens (tertiary/aromatic N) is 4. The van der Waals surface area contributed by atoms with Crippen molar-refractivity contribution in [3.63, 3.8) is 0 Å². The molecule has 1 aromatic carbocycles. The van der Waals surface area contributed by atoms with Crippen LogP contribution < -0.4 is 4.74 Å². The average Bonchev–Trinajstić information content (AvgIpc) is 3.05. The molecular weight excluding hydrogens is 382 g/mol. The van der Waals surface area contributed by atoms with Crippen molar-refractivity contribution in [2.24, 2.45) is 0 Å². The Bertz CT molecular complexity index is 907. The first-order valence-electron chi connectivity index (χ1n) is 7.52. The second kappa shape index (κ2) is 8.02. The van der Waals surface area contributed by atoms with Crippen LogP contribution in [0.4, 0.5) is 8.28 Å². The quantitative estimate of drug-likeness (QED) is 0.564. The maximum Gasteiger partial charge on any atom is 0.334 e. The van der Waals surface area contributed by atoms with Gasteiger partial charge in [-0.15, -0.1) is 13.1 Å². The molecule has 0 aliphatic rings. The highest BCUT2D eigenvalue weighted by molar-refractivity contribution is 7.93. The summed E-state index contributed by atoms with van der Waals surface area (Å²) in [6.07, 6.45) is 3.17. The number of hydrogen-bond donors (Lipinski definition) is 1. The Morgan fingerprint density at radius 3 is 2.58 bits per heavy atom. The Balaban J connectivity index is 2.17. The van der Waals surface area contributed by atoms with Gasteiger partial charge >= 0.3 is 6.01 Å². The molecule has 2 aromatic heterocycles. The molecule has 0 aliphatic carbocycles. The maximum absolute atomic E-state index is 14.2. The van der Waals surface area contributed by atoms with Crippen LogP contribution in [0.2, 0.25) is 0 Å². The van der Waals surface area contributed by atoms with Crippen molar-refractivity contribution >= 4 is 24.4 Å². The Labute approximate surface area is 157 Å². The third-order valence-corrected chi connectivity index (χ3v) is 4.27. The van der Waals surface area contributed by atoms with Crippen LogP contribution in [0.3, 0.4) is 0 Å². The summed E-state index contributed by atoms with van der Waals surface area (Å²) in [6, 6.07) is 5.97. The number of ether oxygens (including phenoxy) is 1. The molecule has 3 aromatic rings. The fourth-order valence-electron chi connectivity index (χ4n) is 2.41. The van der Waals surface area contributed by atoms with E-state index in [9.17, 15) is 8.28 Å². The first-order chi connectivity index (χ1) is 12.5. The van der Waals surface area contributed by atoms with Gasteiger partial charge in [-0.1, -0.05) is 13.8 Å².